The van der Waals surface area contributed by atoms with E-state index in [1.165, 1.54) is 88.2 Å². The van der Waals surface area contributed by atoms with Gasteiger partial charge >= 0.3 is 5.97 Å². The molecule has 0 heterocycles. The average Bonchev–Trinajstić information content (AvgIpc) is 2.83. The Hall–Kier alpha value is -2.09. The van der Waals surface area contributed by atoms with Crippen LogP contribution in [0.2, 0.25) is 0 Å². The van der Waals surface area contributed by atoms with E-state index < -0.39 is 0 Å². The van der Waals surface area contributed by atoms with Crippen molar-refractivity contribution in [3.05, 3.63) is 65.2 Å². The normalized spacial score (nSPS) is 18.4. The van der Waals surface area contributed by atoms with Gasteiger partial charge in [0.25, 0.3) is 0 Å². The van der Waals surface area contributed by atoms with Crippen molar-refractivity contribution in [3.8, 4) is 5.75 Å². The van der Waals surface area contributed by atoms with Crippen LogP contribution in [0.5, 0.6) is 5.75 Å². The Morgan fingerprint density at radius 1 is 0.781 bits per heavy atom. The number of carbonyl (C=O) groups excluding carboxylic acids is 1. The molecule has 174 valence electrons. The number of carbonyl (C=O) groups is 1. The van der Waals surface area contributed by atoms with Crippen LogP contribution in [-0.4, -0.2) is 5.97 Å². The Balaban J connectivity index is 1.44. The molecule has 1 aliphatic rings. The SMILES string of the molecule is CCCCCCC1CCC(c2ccc(OC(=O)c3ccc(CCCCC)cc3)cc2)CC1. The molecule has 2 aromatic carbocycles. The Labute approximate surface area is 195 Å². The van der Waals surface area contributed by atoms with Crippen molar-refractivity contribution >= 4 is 5.97 Å². The van der Waals surface area contributed by atoms with E-state index in [0.29, 0.717) is 17.2 Å². The lowest BCUT2D eigenvalue weighted by molar-refractivity contribution is 0.0734. The minimum atomic E-state index is -0.276. The number of unbranched alkanes of at least 4 members (excludes halogenated alkanes) is 5. The Morgan fingerprint density at radius 2 is 1.44 bits per heavy atom. The Kier molecular flexibility index (Phi) is 10.3. The van der Waals surface area contributed by atoms with Crippen LogP contribution in [0.4, 0.5) is 0 Å². The van der Waals surface area contributed by atoms with Gasteiger partial charge in [-0.05, 0) is 85.8 Å². The van der Waals surface area contributed by atoms with Crippen LogP contribution in [0.15, 0.2) is 48.5 Å². The molecule has 32 heavy (non-hydrogen) atoms. The minimum Gasteiger partial charge on any atom is -0.423 e. The standard InChI is InChI=1S/C30H42O2/c1-3-5-7-9-11-25-12-16-26(17-13-25)27-20-22-29(23-21-27)32-30(31)28-18-14-24(15-19-28)10-8-6-4-2/h14-15,18-23,25-26H,3-13,16-17H2,1-2H3. The maximum Gasteiger partial charge on any atom is 0.343 e. The van der Waals surface area contributed by atoms with Crippen LogP contribution in [-0.2, 0) is 6.42 Å². The molecule has 1 fully saturated rings. The molecule has 0 unspecified atom stereocenters. The highest BCUT2D eigenvalue weighted by Gasteiger charge is 2.22. The smallest absolute Gasteiger partial charge is 0.343 e. The molecular weight excluding hydrogens is 392 g/mol. The fourth-order valence-electron chi connectivity index (χ4n) is 5.00. The van der Waals surface area contributed by atoms with E-state index in [-0.39, 0.29) is 5.97 Å². The topological polar surface area (TPSA) is 26.3 Å². The van der Waals surface area contributed by atoms with Gasteiger partial charge in [0.15, 0.2) is 0 Å². The first kappa shape index (κ1) is 24.6. The van der Waals surface area contributed by atoms with Crippen molar-refractivity contribution in [2.75, 3.05) is 0 Å². The fraction of sp³-hybridized carbons (Fsp3) is 0.567. The molecule has 0 aliphatic heterocycles. The third kappa shape index (κ3) is 7.80. The summed E-state index contributed by atoms with van der Waals surface area (Å²) in [6, 6.07) is 16.1. The molecule has 1 aliphatic carbocycles. The molecule has 0 atom stereocenters. The molecule has 0 N–H and O–H groups in total. The van der Waals surface area contributed by atoms with E-state index >= 15 is 0 Å². The van der Waals surface area contributed by atoms with Crippen molar-refractivity contribution in [1.82, 2.24) is 0 Å². The summed E-state index contributed by atoms with van der Waals surface area (Å²) in [5.41, 5.74) is 3.30. The van der Waals surface area contributed by atoms with E-state index in [9.17, 15) is 4.79 Å². The molecule has 2 heteroatoms. The first-order chi connectivity index (χ1) is 15.7. The van der Waals surface area contributed by atoms with Crippen LogP contribution in [0, 0.1) is 5.92 Å². The molecular formula is C30H42O2. The number of rotatable bonds is 12. The molecule has 2 aromatic rings. The molecule has 0 bridgehead atoms. The lowest BCUT2D eigenvalue weighted by atomic mass is 9.77. The highest BCUT2D eigenvalue weighted by Crippen LogP contribution is 2.38. The highest BCUT2D eigenvalue weighted by atomic mass is 16.5. The van der Waals surface area contributed by atoms with Crippen molar-refractivity contribution in [2.24, 2.45) is 5.92 Å². The first-order valence-electron chi connectivity index (χ1n) is 13.1. The fourth-order valence-corrected chi connectivity index (χ4v) is 5.00. The van der Waals surface area contributed by atoms with Crippen molar-refractivity contribution in [3.63, 3.8) is 0 Å². The predicted molar refractivity (Wildman–Crippen MR) is 135 cm³/mol. The Morgan fingerprint density at radius 3 is 2.09 bits per heavy atom. The van der Waals surface area contributed by atoms with Gasteiger partial charge in [0.05, 0.1) is 5.56 Å². The van der Waals surface area contributed by atoms with Crippen molar-refractivity contribution < 1.29 is 9.53 Å². The second kappa shape index (κ2) is 13.5. The van der Waals surface area contributed by atoms with Gasteiger partial charge in [0, 0.05) is 0 Å². The summed E-state index contributed by atoms with van der Waals surface area (Å²) in [7, 11) is 0. The zero-order valence-corrected chi connectivity index (χ0v) is 20.3. The van der Waals surface area contributed by atoms with Gasteiger partial charge in [-0.2, -0.15) is 0 Å². The lowest BCUT2D eigenvalue weighted by Gasteiger charge is -2.29. The maximum atomic E-state index is 12.5. The van der Waals surface area contributed by atoms with Gasteiger partial charge in [0.1, 0.15) is 5.75 Å². The quantitative estimate of drug-likeness (QED) is 0.189. The lowest BCUT2D eigenvalue weighted by Crippen LogP contribution is -2.13. The van der Waals surface area contributed by atoms with Crippen LogP contribution >= 0.6 is 0 Å². The van der Waals surface area contributed by atoms with Crippen LogP contribution < -0.4 is 4.74 Å². The third-order valence-electron chi connectivity index (χ3n) is 7.13. The van der Waals surface area contributed by atoms with E-state index in [2.05, 4.69) is 38.1 Å². The number of hydrogen-bond donors (Lipinski definition) is 0. The molecule has 2 nitrogen and oxygen atoms in total. The van der Waals surface area contributed by atoms with Gasteiger partial charge in [-0.25, -0.2) is 4.79 Å². The molecule has 0 amide bonds. The summed E-state index contributed by atoms with van der Waals surface area (Å²) in [5, 5.41) is 0. The number of ether oxygens (including phenoxy) is 1. The van der Waals surface area contributed by atoms with Crippen LogP contribution in [0.1, 0.15) is 118 Å². The van der Waals surface area contributed by atoms with E-state index in [4.69, 9.17) is 4.74 Å². The van der Waals surface area contributed by atoms with Crippen molar-refractivity contribution in [2.45, 2.75) is 103 Å². The number of benzene rings is 2. The molecule has 0 radical (unpaired) electrons. The highest BCUT2D eigenvalue weighted by molar-refractivity contribution is 5.91. The van der Waals surface area contributed by atoms with E-state index in [1.54, 1.807) is 0 Å². The van der Waals surface area contributed by atoms with Crippen molar-refractivity contribution in [1.29, 1.82) is 0 Å². The average molecular weight is 435 g/mol. The second-order valence-corrected chi connectivity index (χ2v) is 9.68. The summed E-state index contributed by atoms with van der Waals surface area (Å²) < 4.78 is 5.62. The molecule has 1 saturated carbocycles. The van der Waals surface area contributed by atoms with E-state index in [1.807, 2.05) is 24.3 Å². The van der Waals surface area contributed by atoms with Gasteiger partial charge in [0.2, 0.25) is 0 Å². The first-order valence-corrected chi connectivity index (χ1v) is 13.1. The number of aryl methyl sites for hydroxylation is 1. The Bertz CT molecular complexity index is 783. The molecule has 3 rings (SSSR count). The zero-order chi connectivity index (χ0) is 22.6. The van der Waals surface area contributed by atoms with Gasteiger partial charge in [-0.15, -0.1) is 0 Å². The van der Waals surface area contributed by atoms with Crippen LogP contribution in [0.25, 0.3) is 0 Å². The summed E-state index contributed by atoms with van der Waals surface area (Å²) >= 11 is 0. The summed E-state index contributed by atoms with van der Waals surface area (Å²) in [6.45, 7) is 4.50. The summed E-state index contributed by atoms with van der Waals surface area (Å²) in [5.74, 6) is 1.95. The molecule has 0 spiro atoms. The van der Waals surface area contributed by atoms with Crippen LogP contribution in [0.3, 0.4) is 0 Å². The molecule has 0 aromatic heterocycles. The number of hydrogen-bond acceptors (Lipinski definition) is 2. The minimum absolute atomic E-state index is 0.276. The monoisotopic (exact) mass is 434 g/mol. The largest absolute Gasteiger partial charge is 0.423 e. The van der Waals surface area contributed by atoms with Gasteiger partial charge < -0.3 is 4.74 Å². The van der Waals surface area contributed by atoms with Gasteiger partial charge in [-0.1, -0.05) is 83.1 Å². The van der Waals surface area contributed by atoms with Gasteiger partial charge in [-0.3, -0.25) is 0 Å². The maximum absolute atomic E-state index is 12.5. The zero-order valence-electron chi connectivity index (χ0n) is 20.3. The van der Waals surface area contributed by atoms with E-state index in [0.717, 1.165) is 12.3 Å². The molecule has 0 saturated heterocycles. The summed E-state index contributed by atoms with van der Waals surface area (Å²) in [4.78, 5) is 12.5. The third-order valence-corrected chi connectivity index (χ3v) is 7.13. The summed E-state index contributed by atoms with van der Waals surface area (Å²) in [6.07, 6.45) is 17.0. The number of esters is 1. The second-order valence-electron chi connectivity index (χ2n) is 9.68. The predicted octanol–water partition coefficient (Wildman–Crippen LogP) is 8.88.